The largest absolute Gasteiger partial charge is 0.379 e. The Morgan fingerprint density at radius 1 is 0.738 bits per heavy atom. The molecule has 328 valence electrons. The average Bonchev–Trinajstić information content (AvgIpc) is 3.88. The second-order valence-electron chi connectivity index (χ2n) is 14.0. The fourth-order valence-corrected chi connectivity index (χ4v) is 7.98. The van der Waals surface area contributed by atoms with Crippen LogP contribution in [0, 0.1) is 50.7 Å². The molecule has 0 bridgehead atoms. The number of rotatable bonds is 12. The number of hydrogen-bond donors (Lipinski definition) is 1. The second-order valence-corrected chi connectivity index (χ2v) is 15.6. The lowest BCUT2D eigenvalue weighted by Gasteiger charge is -2.28. The monoisotopic (exact) mass is 876 g/mol. The molecule has 61 heavy (non-hydrogen) atoms. The van der Waals surface area contributed by atoms with Crippen molar-refractivity contribution in [2.24, 2.45) is 0 Å². The summed E-state index contributed by atoms with van der Waals surface area (Å²) in [6, 6.07) is 8.41. The van der Waals surface area contributed by atoms with Gasteiger partial charge < -0.3 is 9.47 Å². The molecule has 4 heterocycles. The number of halogens is 4. The van der Waals surface area contributed by atoms with E-state index in [4.69, 9.17) is 13.7 Å². The zero-order valence-corrected chi connectivity index (χ0v) is 34.2. The van der Waals surface area contributed by atoms with Crippen LogP contribution in [0.15, 0.2) is 65.8 Å². The smallest absolute Gasteiger partial charge is 0.316 e. The Bertz CT molecular complexity index is 2370. The molecule has 0 saturated heterocycles. The molecule has 2 aliphatic carbocycles. The van der Waals surface area contributed by atoms with E-state index >= 15 is 0 Å². The molecule has 5 aromatic rings. The normalized spacial score (nSPS) is 18.9. The first-order chi connectivity index (χ1) is 29.1. The highest BCUT2D eigenvalue weighted by molar-refractivity contribution is 7.86. The zero-order valence-electron chi connectivity index (χ0n) is 33.4. The van der Waals surface area contributed by atoms with Crippen LogP contribution >= 0.6 is 0 Å². The van der Waals surface area contributed by atoms with Gasteiger partial charge in [0.25, 0.3) is 15.8 Å². The number of aromatic nitrogens is 6. The number of H-pyrrole nitrogens is 1. The summed E-state index contributed by atoms with van der Waals surface area (Å²) in [5, 5.41) is 32.3. The first-order valence-electron chi connectivity index (χ1n) is 19.4. The van der Waals surface area contributed by atoms with Gasteiger partial charge in [0.1, 0.15) is 17.6 Å². The molecule has 0 amide bonds. The maximum atomic E-state index is 14.0. The van der Waals surface area contributed by atoms with Gasteiger partial charge in [0.2, 0.25) is 11.9 Å². The molecule has 2 saturated carbocycles. The molecular formula is C39H44F4N8O9S. The molecule has 4 aromatic heterocycles. The van der Waals surface area contributed by atoms with E-state index in [-0.39, 0.29) is 52.0 Å². The molecule has 17 nitrogen and oxygen atoms in total. The Balaban J connectivity index is 0.000000180. The highest BCUT2D eigenvalue weighted by Crippen LogP contribution is 2.35. The Kier molecular flexibility index (Phi) is 16.1. The Labute approximate surface area is 347 Å². The van der Waals surface area contributed by atoms with E-state index in [2.05, 4.69) is 25.3 Å². The summed E-state index contributed by atoms with van der Waals surface area (Å²) >= 11 is 0. The van der Waals surface area contributed by atoms with Gasteiger partial charge in [-0.05, 0) is 114 Å². The Morgan fingerprint density at radius 3 is 1.77 bits per heavy atom. The third-order valence-corrected chi connectivity index (χ3v) is 11.2. The lowest BCUT2D eigenvalue weighted by Crippen LogP contribution is -2.28. The number of benzene rings is 1. The average molecular weight is 877 g/mol. The van der Waals surface area contributed by atoms with E-state index in [0.29, 0.717) is 31.7 Å². The van der Waals surface area contributed by atoms with Gasteiger partial charge in [-0.25, -0.2) is 18.7 Å². The van der Waals surface area contributed by atoms with Crippen LogP contribution in [0.25, 0.3) is 22.8 Å². The highest BCUT2D eigenvalue weighted by Gasteiger charge is 2.30. The van der Waals surface area contributed by atoms with Gasteiger partial charge in [0, 0.05) is 25.3 Å². The summed E-state index contributed by atoms with van der Waals surface area (Å²) < 4.78 is 95.5. The van der Waals surface area contributed by atoms with Crippen LogP contribution in [0.3, 0.4) is 0 Å². The van der Waals surface area contributed by atoms with E-state index in [1.807, 2.05) is 13.8 Å². The summed E-state index contributed by atoms with van der Waals surface area (Å²) in [6.07, 6.45) is 8.74. The Morgan fingerprint density at radius 2 is 1.26 bits per heavy atom. The van der Waals surface area contributed by atoms with Gasteiger partial charge in [-0.15, -0.1) is 0 Å². The number of nitrogens with zero attached hydrogens (tertiary/aromatic N) is 7. The maximum absolute atomic E-state index is 14.0. The molecule has 1 aromatic carbocycles. The number of aromatic amines is 1. The van der Waals surface area contributed by atoms with E-state index in [0.717, 1.165) is 80.5 Å². The van der Waals surface area contributed by atoms with E-state index in [1.54, 1.807) is 6.92 Å². The van der Waals surface area contributed by atoms with E-state index in [9.17, 15) is 46.2 Å². The molecule has 22 heteroatoms. The van der Waals surface area contributed by atoms with Crippen molar-refractivity contribution >= 4 is 21.5 Å². The first-order valence-corrected chi connectivity index (χ1v) is 20.8. The van der Waals surface area contributed by atoms with Crippen molar-refractivity contribution in [2.45, 2.75) is 101 Å². The second kappa shape index (κ2) is 21.2. The van der Waals surface area contributed by atoms with Gasteiger partial charge >= 0.3 is 5.69 Å². The van der Waals surface area contributed by atoms with Crippen molar-refractivity contribution in [1.82, 2.24) is 29.9 Å². The molecule has 2 aliphatic rings. The molecule has 0 spiro atoms. The van der Waals surface area contributed by atoms with Crippen molar-refractivity contribution in [3.05, 3.63) is 110 Å². The molecule has 0 aliphatic heterocycles. The molecule has 0 unspecified atom stereocenters. The van der Waals surface area contributed by atoms with Crippen LogP contribution < -0.4 is 0 Å². The third-order valence-electron chi connectivity index (χ3n) is 9.87. The standard InChI is InChI=1S/C16H18F2N4O3.C14H19NO6S.C9H7F2N3/c1-2-25-11-5-3-10(4-6-11)21-9-13(22(23)24)16(20-21)15-12(17)7-8-14(18)19-15;1-2-20-12-5-7-13(8-6-12)21-22(18,19)14-9-3-11(4-10-14)15(16)17;1-5-4-12-14-8(5)9-6(10)2-3-7(11)13-9/h7-11H,2-6H2,1H3;3-4,9-10,12-13H,2,5-8H2,1H3;2-4H,1H3,(H,12,14). The fourth-order valence-electron chi connectivity index (χ4n) is 6.85. The van der Waals surface area contributed by atoms with Crippen LogP contribution in [-0.2, 0) is 23.8 Å². The summed E-state index contributed by atoms with van der Waals surface area (Å²) in [7, 11) is -3.90. The molecule has 0 atom stereocenters. The number of hydrogen-bond acceptors (Lipinski definition) is 13. The number of non-ortho nitro benzene ring substituents is 1. The van der Waals surface area contributed by atoms with E-state index in [1.165, 1.54) is 29.2 Å². The summed E-state index contributed by atoms with van der Waals surface area (Å²) in [5.74, 6) is -3.05. The molecule has 1 N–H and O–H groups in total. The first kappa shape index (κ1) is 46.4. The minimum atomic E-state index is -3.90. The van der Waals surface area contributed by atoms with Crippen molar-refractivity contribution < 1.29 is 49.5 Å². The lowest BCUT2D eigenvalue weighted by atomic mass is 9.93. The van der Waals surface area contributed by atoms with Crippen molar-refractivity contribution in [1.29, 1.82) is 0 Å². The van der Waals surface area contributed by atoms with Gasteiger partial charge in [-0.3, -0.25) is 34.2 Å². The maximum Gasteiger partial charge on any atom is 0.316 e. The molecule has 2 fully saturated rings. The third kappa shape index (κ3) is 12.4. The van der Waals surface area contributed by atoms with Crippen molar-refractivity contribution in [2.75, 3.05) is 13.2 Å². The fraction of sp³-hybridized carbons (Fsp3) is 0.436. The number of nitro benzene ring substituents is 1. The zero-order chi connectivity index (χ0) is 44.3. The highest BCUT2D eigenvalue weighted by atomic mass is 32.2. The minimum Gasteiger partial charge on any atom is -0.379 e. The number of nitro groups is 2. The summed E-state index contributed by atoms with van der Waals surface area (Å²) in [4.78, 5) is 27.5. The van der Waals surface area contributed by atoms with Gasteiger partial charge in [0.15, 0.2) is 17.3 Å². The van der Waals surface area contributed by atoms with Gasteiger partial charge in [-0.2, -0.15) is 27.4 Å². The molecule has 7 rings (SSSR count). The van der Waals surface area contributed by atoms with E-state index < -0.39 is 49.2 Å². The minimum absolute atomic E-state index is 0.0409. The number of ether oxygens (including phenoxy) is 2. The van der Waals surface area contributed by atoms with Crippen molar-refractivity contribution in [3.63, 3.8) is 0 Å². The summed E-state index contributed by atoms with van der Waals surface area (Å²) in [6.45, 7) is 6.91. The Hall–Kier alpha value is -5.71. The predicted octanol–water partition coefficient (Wildman–Crippen LogP) is 8.36. The van der Waals surface area contributed by atoms with Gasteiger partial charge in [0.05, 0.1) is 51.0 Å². The predicted molar refractivity (Wildman–Crippen MR) is 210 cm³/mol. The number of nitrogens with one attached hydrogen (secondary N) is 1. The SMILES string of the molecule is CCOC1CCC(OS(=O)(=O)c2ccc([N+](=O)[O-])cc2)CC1.CCOC1CCC(n2cc([N+](=O)[O-])c(-c3nc(F)ccc3F)n2)CC1.Cc1cn[nH]c1-c1nc(F)ccc1F. The summed E-state index contributed by atoms with van der Waals surface area (Å²) in [5.41, 5.74) is -0.161. The molecule has 0 radical (unpaired) electrons. The van der Waals surface area contributed by atoms with Crippen LogP contribution in [0.1, 0.15) is 76.8 Å². The number of pyridine rings is 2. The van der Waals surface area contributed by atoms with Crippen LogP contribution in [0.4, 0.5) is 28.9 Å². The van der Waals surface area contributed by atoms with Gasteiger partial charge in [-0.1, -0.05) is 0 Å². The topological polar surface area (TPSA) is 220 Å². The quantitative estimate of drug-likeness (QED) is 0.0410. The van der Waals surface area contributed by atoms with Crippen molar-refractivity contribution in [3.8, 4) is 22.8 Å². The molecular weight excluding hydrogens is 833 g/mol. The van der Waals surface area contributed by atoms with Crippen LogP contribution in [-0.4, -0.2) is 79.7 Å². The van der Waals surface area contributed by atoms with Crippen LogP contribution in [0.2, 0.25) is 0 Å². The lowest BCUT2D eigenvalue weighted by molar-refractivity contribution is -0.384. The van der Waals surface area contributed by atoms with Crippen LogP contribution in [0.5, 0.6) is 0 Å². The number of aryl methyl sites for hydroxylation is 1.